The van der Waals surface area contributed by atoms with Gasteiger partial charge in [0.05, 0.1) is 4.91 Å². The van der Waals surface area contributed by atoms with E-state index in [4.69, 9.17) is 12.2 Å². The Morgan fingerprint density at radius 2 is 1.88 bits per heavy atom. The van der Waals surface area contributed by atoms with E-state index in [1.807, 2.05) is 19.9 Å². The Balaban J connectivity index is 2.24. The molecule has 0 aliphatic carbocycles. The lowest BCUT2D eigenvalue weighted by Gasteiger charge is -2.39. The van der Waals surface area contributed by atoms with Crippen LogP contribution in [0, 0.1) is 36.0 Å². The second-order valence-electron chi connectivity index (χ2n) is 9.84. The average molecular weight is 487 g/mol. The topological polar surface area (TPSA) is 69.3 Å². The number of thioether (sulfide) groups is 1. The Hall–Kier alpha value is -2.11. The van der Waals surface area contributed by atoms with Crippen LogP contribution in [0.25, 0.3) is 6.08 Å². The quantitative estimate of drug-likeness (QED) is 0.426. The summed E-state index contributed by atoms with van der Waals surface area (Å²) in [5, 5.41) is 9.80. The summed E-state index contributed by atoms with van der Waals surface area (Å²) in [5.74, 6) is 2.01. The predicted molar refractivity (Wildman–Crippen MR) is 140 cm³/mol. The molecule has 1 aromatic rings. The molecule has 0 aromatic carbocycles. The molecule has 0 radical (unpaired) electrons. The molecule has 2 aliphatic heterocycles. The molecular formula is C25H34N4O2S2. The lowest BCUT2D eigenvalue weighted by molar-refractivity contribution is -0.122. The predicted octanol–water partition coefficient (Wildman–Crippen LogP) is 4.78. The van der Waals surface area contributed by atoms with E-state index >= 15 is 0 Å². The van der Waals surface area contributed by atoms with Gasteiger partial charge in [-0.3, -0.25) is 19.1 Å². The van der Waals surface area contributed by atoms with Crippen molar-refractivity contribution >= 4 is 46.1 Å². The van der Waals surface area contributed by atoms with Gasteiger partial charge in [-0.05, 0) is 49.2 Å². The minimum absolute atomic E-state index is 0.101. The van der Waals surface area contributed by atoms with E-state index in [-0.39, 0.29) is 17.0 Å². The van der Waals surface area contributed by atoms with Gasteiger partial charge in [0.25, 0.3) is 11.5 Å². The van der Waals surface area contributed by atoms with Gasteiger partial charge in [-0.15, -0.1) is 0 Å². The Kier molecular flexibility index (Phi) is 8.07. The van der Waals surface area contributed by atoms with Crippen LogP contribution in [0.4, 0.5) is 5.82 Å². The van der Waals surface area contributed by atoms with Crippen LogP contribution in [0.3, 0.4) is 0 Å². The third kappa shape index (κ3) is 5.20. The molecule has 1 aromatic heterocycles. The summed E-state index contributed by atoms with van der Waals surface area (Å²) in [6.07, 6.45) is 3.78. The maximum atomic E-state index is 13.3. The minimum atomic E-state index is -0.248. The zero-order valence-corrected chi connectivity index (χ0v) is 22.1. The van der Waals surface area contributed by atoms with Crippen LogP contribution in [0.15, 0.2) is 9.70 Å². The number of piperidine rings is 1. The summed E-state index contributed by atoms with van der Waals surface area (Å²) in [6, 6.07) is 2.12. The van der Waals surface area contributed by atoms with Crippen LogP contribution in [0.5, 0.6) is 0 Å². The number of amides is 1. The van der Waals surface area contributed by atoms with Crippen molar-refractivity contribution in [3.8, 4) is 6.07 Å². The number of carbonyl (C=O) groups is 1. The van der Waals surface area contributed by atoms with E-state index in [2.05, 4.69) is 38.7 Å². The Labute approximate surface area is 206 Å². The monoisotopic (exact) mass is 486 g/mol. The highest BCUT2D eigenvalue weighted by Gasteiger charge is 2.34. The lowest BCUT2D eigenvalue weighted by atomic mass is 9.91. The van der Waals surface area contributed by atoms with E-state index in [9.17, 15) is 14.9 Å². The third-order valence-electron chi connectivity index (χ3n) is 6.16. The molecule has 1 amide bonds. The molecular weight excluding hydrogens is 452 g/mol. The fourth-order valence-electron chi connectivity index (χ4n) is 4.91. The Morgan fingerprint density at radius 3 is 2.42 bits per heavy atom. The van der Waals surface area contributed by atoms with E-state index in [0.717, 1.165) is 37.3 Å². The van der Waals surface area contributed by atoms with E-state index < -0.39 is 0 Å². The smallest absolute Gasteiger partial charge is 0.270 e. The molecule has 2 saturated heterocycles. The molecule has 0 saturated carbocycles. The number of hydrogen-bond acceptors (Lipinski definition) is 6. The number of anilines is 1. The van der Waals surface area contributed by atoms with Gasteiger partial charge in [0.2, 0.25) is 0 Å². The van der Waals surface area contributed by atoms with Crippen molar-refractivity contribution in [3.63, 3.8) is 0 Å². The van der Waals surface area contributed by atoms with Crippen LogP contribution in [-0.4, -0.2) is 39.3 Å². The molecule has 0 spiro atoms. The van der Waals surface area contributed by atoms with Gasteiger partial charge < -0.3 is 4.90 Å². The van der Waals surface area contributed by atoms with Gasteiger partial charge in [-0.2, -0.15) is 5.26 Å². The summed E-state index contributed by atoms with van der Waals surface area (Å²) in [6.45, 7) is 15.2. The molecule has 3 rings (SSSR count). The third-order valence-corrected chi connectivity index (χ3v) is 7.54. The molecule has 2 fully saturated rings. The van der Waals surface area contributed by atoms with Gasteiger partial charge in [0.15, 0.2) is 0 Å². The largest absolute Gasteiger partial charge is 0.357 e. The highest BCUT2D eigenvalue weighted by molar-refractivity contribution is 8.26. The zero-order valence-electron chi connectivity index (χ0n) is 20.5. The molecule has 2 aliphatic rings. The molecule has 2 atom stereocenters. The standard InChI is InChI=1S/C25H34N4O2S2/c1-7-8-28-22(27-13-16(4)9-17(5)14-27)19(18(6)20(11-26)23(28)30)10-21-24(31)29(12-15(2)3)25(32)33-21/h10,15-17H,7-9,12-14H2,1-6H3/b21-10+. The molecule has 8 heteroatoms. The molecule has 33 heavy (non-hydrogen) atoms. The summed E-state index contributed by atoms with van der Waals surface area (Å²) in [5.41, 5.74) is 1.31. The number of thiocarbonyl (C=S) groups is 1. The number of nitriles is 1. The SMILES string of the molecule is CCCn1c(N2CC(C)CC(C)C2)c(/C=C2/SC(=S)N(CC(C)C)C2=O)c(C)c(C#N)c1=O. The number of nitrogens with zero attached hydrogens (tertiary/aromatic N) is 4. The van der Waals surface area contributed by atoms with Crippen molar-refractivity contribution in [3.05, 3.63) is 31.9 Å². The van der Waals surface area contributed by atoms with Gasteiger partial charge in [0.1, 0.15) is 21.8 Å². The van der Waals surface area contributed by atoms with Gasteiger partial charge in [-0.25, -0.2) is 0 Å². The van der Waals surface area contributed by atoms with E-state index in [1.54, 1.807) is 9.47 Å². The Bertz CT molecular complexity index is 1070. The average Bonchev–Trinajstić information content (AvgIpc) is 2.98. The lowest BCUT2D eigenvalue weighted by Crippen LogP contribution is -2.43. The van der Waals surface area contributed by atoms with E-state index in [1.165, 1.54) is 11.8 Å². The second-order valence-corrected chi connectivity index (χ2v) is 11.5. The van der Waals surface area contributed by atoms with Crippen molar-refractivity contribution in [2.45, 2.75) is 60.9 Å². The van der Waals surface area contributed by atoms with Crippen molar-refractivity contribution in [2.24, 2.45) is 17.8 Å². The van der Waals surface area contributed by atoms with Crippen molar-refractivity contribution < 1.29 is 4.79 Å². The van der Waals surface area contributed by atoms with Crippen LogP contribution in [0.2, 0.25) is 0 Å². The van der Waals surface area contributed by atoms with Gasteiger partial charge in [-0.1, -0.05) is 58.6 Å². The number of rotatable bonds is 6. The molecule has 178 valence electrons. The minimum Gasteiger partial charge on any atom is -0.357 e. The second kappa shape index (κ2) is 10.4. The van der Waals surface area contributed by atoms with Crippen molar-refractivity contribution in [1.82, 2.24) is 9.47 Å². The van der Waals surface area contributed by atoms with Crippen LogP contribution >= 0.6 is 24.0 Å². The summed E-state index contributed by atoms with van der Waals surface area (Å²) < 4.78 is 2.30. The Morgan fingerprint density at radius 1 is 1.24 bits per heavy atom. The fourth-order valence-corrected chi connectivity index (χ4v) is 6.16. The summed E-state index contributed by atoms with van der Waals surface area (Å²) >= 11 is 6.80. The first kappa shape index (κ1) is 25.5. The normalized spacial score (nSPS) is 22.5. The molecule has 0 N–H and O–H groups in total. The summed E-state index contributed by atoms with van der Waals surface area (Å²) in [4.78, 5) is 31.0. The first-order valence-electron chi connectivity index (χ1n) is 11.8. The van der Waals surface area contributed by atoms with Gasteiger partial charge >= 0.3 is 0 Å². The first-order chi connectivity index (χ1) is 15.6. The molecule has 0 bridgehead atoms. The first-order valence-corrected chi connectivity index (χ1v) is 13.0. The van der Waals surface area contributed by atoms with Crippen molar-refractivity contribution in [1.29, 1.82) is 5.26 Å². The highest BCUT2D eigenvalue weighted by atomic mass is 32.2. The van der Waals surface area contributed by atoms with Crippen LogP contribution in [0.1, 0.15) is 64.2 Å². The number of hydrogen-bond donors (Lipinski definition) is 0. The molecule has 6 nitrogen and oxygen atoms in total. The van der Waals surface area contributed by atoms with Crippen LogP contribution < -0.4 is 10.5 Å². The number of carbonyl (C=O) groups excluding carboxylic acids is 1. The van der Waals surface area contributed by atoms with E-state index in [0.29, 0.717) is 45.6 Å². The zero-order chi connectivity index (χ0) is 24.4. The maximum Gasteiger partial charge on any atom is 0.270 e. The molecule has 3 heterocycles. The summed E-state index contributed by atoms with van der Waals surface area (Å²) in [7, 11) is 0. The van der Waals surface area contributed by atoms with Gasteiger partial charge in [0, 0.05) is 31.7 Å². The number of aromatic nitrogens is 1. The maximum absolute atomic E-state index is 13.3. The molecule has 2 unspecified atom stereocenters. The number of pyridine rings is 1. The van der Waals surface area contributed by atoms with Crippen molar-refractivity contribution in [2.75, 3.05) is 24.5 Å². The van der Waals surface area contributed by atoms with Crippen LogP contribution in [-0.2, 0) is 11.3 Å². The fraction of sp³-hybridized carbons (Fsp3) is 0.600. The highest BCUT2D eigenvalue weighted by Crippen LogP contribution is 2.37.